The quantitative estimate of drug-likeness (QED) is 0.737. The number of nitrogens with one attached hydrogen (secondary N) is 2. The monoisotopic (exact) mass is 210 g/mol. The van der Waals surface area contributed by atoms with Gasteiger partial charge < -0.3 is 10.6 Å². The smallest absolute Gasteiger partial charge is 0.223 e. The lowest BCUT2D eigenvalue weighted by Gasteiger charge is -2.33. The molecule has 0 aromatic rings. The van der Waals surface area contributed by atoms with E-state index in [0.717, 1.165) is 13.1 Å². The maximum absolute atomic E-state index is 11.9. The van der Waals surface area contributed by atoms with Gasteiger partial charge in [-0.15, -0.1) is 0 Å². The van der Waals surface area contributed by atoms with Gasteiger partial charge in [-0.3, -0.25) is 4.79 Å². The molecule has 1 saturated carbocycles. The summed E-state index contributed by atoms with van der Waals surface area (Å²) in [5.74, 6) is 1.02. The molecule has 1 unspecified atom stereocenters. The molecule has 0 aromatic carbocycles. The molecular formula is C12H22N2O. The molecule has 0 radical (unpaired) electrons. The van der Waals surface area contributed by atoms with Gasteiger partial charge in [-0.25, -0.2) is 0 Å². The average Bonchev–Trinajstić information content (AvgIpc) is 2.16. The van der Waals surface area contributed by atoms with Crippen molar-refractivity contribution in [3.05, 3.63) is 0 Å². The van der Waals surface area contributed by atoms with Crippen molar-refractivity contribution < 1.29 is 4.79 Å². The van der Waals surface area contributed by atoms with Crippen LogP contribution in [-0.2, 0) is 4.79 Å². The molecule has 2 N–H and O–H groups in total. The molecule has 15 heavy (non-hydrogen) atoms. The topological polar surface area (TPSA) is 41.1 Å². The Labute approximate surface area is 92.0 Å². The fourth-order valence-corrected chi connectivity index (χ4v) is 2.46. The van der Waals surface area contributed by atoms with E-state index in [2.05, 4.69) is 17.6 Å². The Balaban J connectivity index is 1.74. The zero-order valence-corrected chi connectivity index (χ0v) is 9.59. The van der Waals surface area contributed by atoms with Crippen molar-refractivity contribution in [1.29, 1.82) is 0 Å². The minimum Gasteiger partial charge on any atom is -0.353 e. The van der Waals surface area contributed by atoms with Gasteiger partial charge >= 0.3 is 0 Å². The predicted octanol–water partition coefficient (Wildman–Crippen LogP) is 1.29. The second-order valence-corrected chi connectivity index (χ2v) is 5.05. The van der Waals surface area contributed by atoms with E-state index in [1.807, 2.05) is 0 Å². The van der Waals surface area contributed by atoms with E-state index in [0.29, 0.717) is 12.0 Å². The zero-order valence-electron chi connectivity index (χ0n) is 9.59. The summed E-state index contributed by atoms with van der Waals surface area (Å²) in [5, 5.41) is 6.42. The molecule has 2 rings (SSSR count). The van der Waals surface area contributed by atoms with Gasteiger partial charge in [-0.2, -0.15) is 0 Å². The van der Waals surface area contributed by atoms with Gasteiger partial charge in [0.25, 0.3) is 0 Å². The standard InChI is InChI=1S/C12H22N2O/c1-9(10-7-13-8-10)12(15)14-11-5-3-2-4-6-11/h9-11,13H,2-8H2,1H3,(H,14,15). The van der Waals surface area contributed by atoms with Gasteiger partial charge in [-0.1, -0.05) is 26.2 Å². The molecule has 1 aliphatic heterocycles. The Morgan fingerprint density at radius 3 is 2.47 bits per heavy atom. The molecule has 0 bridgehead atoms. The van der Waals surface area contributed by atoms with Gasteiger partial charge in [0.2, 0.25) is 5.91 Å². The van der Waals surface area contributed by atoms with Crippen LogP contribution in [-0.4, -0.2) is 25.0 Å². The molecule has 86 valence electrons. The summed E-state index contributed by atoms with van der Waals surface area (Å²) in [5.41, 5.74) is 0. The molecule has 1 heterocycles. The molecule has 1 amide bonds. The van der Waals surface area contributed by atoms with Crippen LogP contribution in [0.5, 0.6) is 0 Å². The lowest BCUT2D eigenvalue weighted by molar-refractivity contribution is -0.127. The number of rotatable bonds is 3. The zero-order chi connectivity index (χ0) is 10.7. The fourth-order valence-electron chi connectivity index (χ4n) is 2.46. The molecule has 2 aliphatic rings. The third-order valence-corrected chi connectivity index (χ3v) is 3.89. The van der Waals surface area contributed by atoms with E-state index in [1.54, 1.807) is 0 Å². The van der Waals surface area contributed by atoms with Crippen LogP contribution in [0.15, 0.2) is 0 Å². The van der Waals surface area contributed by atoms with Crippen LogP contribution in [0.25, 0.3) is 0 Å². The lowest BCUT2D eigenvalue weighted by Crippen LogP contribution is -2.51. The summed E-state index contributed by atoms with van der Waals surface area (Å²) in [6, 6.07) is 0.460. The van der Waals surface area contributed by atoms with Gasteiger partial charge in [0.15, 0.2) is 0 Å². The second-order valence-electron chi connectivity index (χ2n) is 5.05. The molecule has 0 spiro atoms. The predicted molar refractivity (Wildman–Crippen MR) is 60.5 cm³/mol. The van der Waals surface area contributed by atoms with Gasteiger partial charge in [0.1, 0.15) is 0 Å². The molecule has 3 nitrogen and oxygen atoms in total. The first-order valence-electron chi connectivity index (χ1n) is 6.28. The van der Waals surface area contributed by atoms with Crippen LogP contribution >= 0.6 is 0 Å². The summed E-state index contributed by atoms with van der Waals surface area (Å²) in [4.78, 5) is 11.9. The summed E-state index contributed by atoms with van der Waals surface area (Å²) in [7, 11) is 0. The van der Waals surface area contributed by atoms with Crippen molar-refractivity contribution in [1.82, 2.24) is 10.6 Å². The number of carbonyl (C=O) groups is 1. The Morgan fingerprint density at radius 2 is 1.93 bits per heavy atom. The molecule has 2 fully saturated rings. The first-order chi connectivity index (χ1) is 7.27. The molecule has 1 atom stereocenters. The van der Waals surface area contributed by atoms with Crippen LogP contribution in [0.2, 0.25) is 0 Å². The molecule has 1 saturated heterocycles. The largest absolute Gasteiger partial charge is 0.353 e. The molecule has 0 aromatic heterocycles. The van der Waals surface area contributed by atoms with Crippen LogP contribution in [0, 0.1) is 11.8 Å². The highest BCUT2D eigenvalue weighted by atomic mass is 16.1. The Morgan fingerprint density at radius 1 is 1.27 bits per heavy atom. The Kier molecular flexibility index (Phi) is 3.62. The van der Waals surface area contributed by atoms with Gasteiger partial charge in [0, 0.05) is 12.0 Å². The van der Waals surface area contributed by atoms with Gasteiger partial charge in [-0.05, 0) is 31.8 Å². The number of carbonyl (C=O) groups excluding carboxylic acids is 1. The third kappa shape index (κ3) is 2.71. The minimum absolute atomic E-state index is 0.188. The van der Waals surface area contributed by atoms with Crippen LogP contribution in [0.1, 0.15) is 39.0 Å². The lowest BCUT2D eigenvalue weighted by atomic mass is 9.87. The third-order valence-electron chi connectivity index (χ3n) is 3.89. The van der Waals surface area contributed by atoms with E-state index in [9.17, 15) is 4.79 Å². The van der Waals surface area contributed by atoms with E-state index in [-0.39, 0.29) is 11.8 Å². The van der Waals surface area contributed by atoms with E-state index in [1.165, 1.54) is 32.1 Å². The minimum atomic E-state index is 0.188. The first-order valence-corrected chi connectivity index (χ1v) is 6.28. The second kappa shape index (κ2) is 4.97. The highest BCUT2D eigenvalue weighted by Gasteiger charge is 2.29. The highest BCUT2D eigenvalue weighted by molar-refractivity contribution is 5.79. The van der Waals surface area contributed by atoms with Crippen molar-refractivity contribution in [3.8, 4) is 0 Å². The first kappa shape index (κ1) is 10.9. The molecular weight excluding hydrogens is 188 g/mol. The van der Waals surface area contributed by atoms with E-state index < -0.39 is 0 Å². The summed E-state index contributed by atoms with van der Waals surface area (Å²) < 4.78 is 0. The molecule has 3 heteroatoms. The normalized spacial score (nSPS) is 25.7. The van der Waals surface area contributed by atoms with Gasteiger partial charge in [0.05, 0.1) is 0 Å². The van der Waals surface area contributed by atoms with Crippen molar-refractivity contribution in [2.75, 3.05) is 13.1 Å². The van der Waals surface area contributed by atoms with Crippen LogP contribution < -0.4 is 10.6 Å². The number of hydrogen-bond acceptors (Lipinski definition) is 2. The molecule has 1 aliphatic carbocycles. The number of amides is 1. The Bertz CT molecular complexity index is 220. The SMILES string of the molecule is CC(C(=O)NC1CCCCC1)C1CNC1. The van der Waals surface area contributed by atoms with Crippen molar-refractivity contribution in [2.24, 2.45) is 11.8 Å². The van der Waals surface area contributed by atoms with Crippen molar-refractivity contribution in [3.63, 3.8) is 0 Å². The Hall–Kier alpha value is -0.570. The number of hydrogen-bond donors (Lipinski definition) is 2. The summed E-state index contributed by atoms with van der Waals surface area (Å²) in [6.45, 7) is 4.09. The fraction of sp³-hybridized carbons (Fsp3) is 0.917. The van der Waals surface area contributed by atoms with E-state index in [4.69, 9.17) is 0 Å². The summed E-state index contributed by atoms with van der Waals surface area (Å²) >= 11 is 0. The van der Waals surface area contributed by atoms with Crippen molar-refractivity contribution >= 4 is 5.91 Å². The van der Waals surface area contributed by atoms with Crippen LogP contribution in [0.3, 0.4) is 0 Å². The highest BCUT2D eigenvalue weighted by Crippen LogP contribution is 2.20. The maximum atomic E-state index is 11.9. The van der Waals surface area contributed by atoms with Crippen molar-refractivity contribution in [2.45, 2.75) is 45.1 Å². The average molecular weight is 210 g/mol. The maximum Gasteiger partial charge on any atom is 0.223 e. The van der Waals surface area contributed by atoms with E-state index >= 15 is 0 Å². The van der Waals surface area contributed by atoms with Crippen LogP contribution in [0.4, 0.5) is 0 Å². The summed E-state index contributed by atoms with van der Waals surface area (Å²) in [6.07, 6.45) is 6.27.